The number of hydrogen-bond acceptors (Lipinski definition) is 5. The minimum atomic E-state index is -1.43. The highest BCUT2D eigenvalue weighted by atomic mass is 35.5. The molecule has 2 atom stereocenters. The molecule has 1 fully saturated rings. The molecule has 1 saturated heterocycles. The highest BCUT2D eigenvalue weighted by molar-refractivity contribution is 6.33. The predicted octanol–water partition coefficient (Wildman–Crippen LogP) is 6.26. The number of anilines is 1. The summed E-state index contributed by atoms with van der Waals surface area (Å²) in [7, 11) is 0. The number of halogens is 3. The molecule has 0 unspecified atom stereocenters. The lowest BCUT2D eigenvalue weighted by Gasteiger charge is -2.24. The van der Waals surface area contributed by atoms with Crippen molar-refractivity contribution in [3.8, 4) is 22.3 Å². The maximum atomic E-state index is 15.5. The van der Waals surface area contributed by atoms with Crippen molar-refractivity contribution >= 4 is 46.3 Å². The topological polar surface area (TPSA) is 97.2 Å². The van der Waals surface area contributed by atoms with Crippen LogP contribution in [-0.2, 0) is 16.1 Å². The van der Waals surface area contributed by atoms with Crippen LogP contribution < -0.4 is 5.32 Å². The van der Waals surface area contributed by atoms with Gasteiger partial charge in [-0.1, -0.05) is 48.0 Å². The molecule has 3 aromatic carbocycles. The number of benzene rings is 3. The zero-order valence-corrected chi connectivity index (χ0v) is 24.3. The summed E-state index contributed by atoms with van der Waals surface area (Å²) in [5.74, 6) is -1.91. The SMILES string of the molecule is Cc1cc(-c2ccc3c(c2)c(C=O)cn3CC(=O)N2C[C@H](F)C[C@H]2C(=O)Nc2cccc(-c3ccccc3Cl)c2F)cnn1. The van der Waals surface area contributed by atoms with Crippen molar-refractivity contribution < 1.29 is 23.2 Å². The van der Waals surface area contributed by atoms with E-state index in [-0.39, 0.29) is 30.8 Å². The summed E-state index contributed by atoms with van der Waals surface area (Å²) in [6.45, 7) is 1.32. The predicted molar refractivity (Wildman–Crippen MR) is 164 cm³/mol. The minimum Gasteiger partial charge on any atom is -0.337 e. The maximum Gasteiger partial charge on any atom is 0.247 e. The van der Waals surface area contributed by atoms with Crippen LogP contribution in [0, 0.1) is 12.7 Å². The molecule has 11 heteroatoms. The van der Waals surface area contributed by atoms with Gasteiger partial charge in [0, 0.05) is 50.8 Å². The van der Waals surface area contributed by atoms with Crippen molar-refractivity contribution in [2.75, 3.05) is 11.9 Å². The zero-order valence-electron chi connectivity index (χ0n) is 23.5. The number of carbonyl (C=O) groups is 3. The van der Waals surface area contributed by atoms with Gasteiger partial charge in [-0.15, -0.1) is 0 Å². The van der Waals surface area contributed by atoms with Crippen LogP contribution in [-0.4, -0.2) is 56.5 Å². The first kappa shape index (κ1) is 29.1. The number of aromatic nitrogens is 3. The summed E-state index contributed by atoms with van der Waals surface area (Å²) in [4.78, 5) is 39.9. The van der Waals surface area contributed by atoms with E-state index in [0.29, 0.717) is 33.3 Å². The minimum absolute atomic E-state index is 0.107. The first-order chi connectivity index (χ1) is 21.2. The van der Waals surface area contributed by atoms with E-state index < -0.39 is 29.8 Å². The van der Waals surface area contributed by atoms with E-state index >= 15 is 4.39 Å². The number of hydrogen-bond donors (Lipinski definition) is 1. The molecular weight excluding hydrogens is 588 g/mol. The van der Waals surface area contributed by atoms with Gasteiger partial charge in [-0.2, -0.15) is 10.2 Å². The number of likely N-dealkylation sites (tertiary alicyclic amines) is 1. The fourth-order valence-electron chi connectivity index (χ4n) is 5.64. The second kappa shape index (κ2) is 12.0. The van der Waals surface area contributed by atoms with Crippen molar-refractivity contribution in [2.24, 2.45) is 0 Å². The first-order valence-electron chi connectivity index (χ1n) is 13.9. The van der Waals surface area contributed by atoms with Crippen molar-refractivity contribution in [1.82, 2.24) is 19.7 Å². The molecule has 0 saturated carbocycles. The molecule has 1 N–H and O–H groups in total. The number of rotatable bonds is 7. The monoisotopic (exact) mass is 613 g/mol. The van der Waals surface area contributed by atoms with Crippen LogP contribution in [0.2, 0.25) is 5.02 Å². The van der Waals surface area contributed by atoms with Crippen LogP contribution in [0.1, 0.15) is 22.5 Å². The summed E-state index contributed by atoms with van der Waals surface area (Å²) in [6, 6.07) is 17.5. The third-order valence-corrected chi connectivity index (χ3v) is 8.08. The van der Waals surface area contributed by atoms with E-state index in [2.05, 4.69) is 15.5 Å². The molecule has 44 heavy (non-hydrogen) atoms. The molecule has 0 bridgehead atoms. The van der Waals surface area contributed by atoms with Gasteiger partial charge in [-0.3, -0.25) is 14.4 Å². The Bertz CT molecular complexity index is 1930. The van der Waals surface area contributed by atoms with E-state index in [1.54, 1.807) is 59.4 Å². The normalized spacial score (nSPS) is 16.3. The quantitative estimate of drug-likeness (QED) is 0.219. The fourth-order valence-corrected chi connectivity index (χ4v) is 5.88. The maximum absolute atomic E-state index is 15.5. The van der Waals surface area contributed by atoms with Gasteiger partial charge in [0.1, 0.15) is 18.8 Å². The van der Waals surface area contributed by atoms with Crippen LogP contribution >= 0.6 is 11.6 Å². The number of fused-ring (bicyclic) bond motifs is 1. The first-order valence-corrected chi connectivity index (χ1v) is 14.3. The highest BCUT2D eigenvalue weighted by Crippen LogP contribution is 2.33. The molecule has 3 heterocycles. The number of amides is 2. The smallest absolute Gasteiger partial charge is 0.247 e. The standard InChI is InChI=1S/C33H26ClF2N5O3/c1-19-11-21(14-37-39-19)20-9-10-29-26(12-20)22(18-42)15-40(29)17-31(43)41-16-23(35)13-30(41)33(44)38-28-8-4-6-25(32(28)36)24-5-2-3-7-27(24)34/h2-12,14-15,18,23,30H,13,16-17H2,1H3,(H,38,44)/t23-,30+/m1/s1. The molecule has 5 aromatic rings. The van der Waals surface area contributed by atoms with Crippen molar-refractivity contribution in [3.63, 3.8) is 0 Å². The Labute approximate surface area is 256 Å². The molecule has 2 aromatic heterocycles. The van der Waals surface area contributed by atoms with Gasteiger partial charge in [-0.05, 0) is 42.8 Å². The molecule has 0 aliphatic carbocycles. The van der Waals surface area contributed by atoms with Crippen LogP contribution in [0.3, 0.4) is 0 Å². The zero-order chi connectivity index (χ0) is 31.0. The summed E-state index contributed by atoms with van der Waals surface area (Å²) >= 11 is 6.25. The Morgan fingerprint density at radius 1 is 1.07 bits per heavy atom. The molecule has 1 aliphatic rings. The number of aldehydes is 1. The van der Waals surface area contributed by atoms with E-state index in [1.165, 1.54) is 11.0 Å². The van der Waals surface area contributed by atoms with E-state index in [1.807, 2.05) is 25.1 Å². The summed E-state index contributed by atoms with van der Waals surface area (Å²) in [6.07, 6.45) is 2.24. The fraction of sp³-hybridized carbons (Fsp3) is 0.182. The van der Waals surface area contributed by atoms with Gasteiger partial charge in [-0.25, -0.2) is 8.78 Å². The van der Waals surface area contributed by atoms with Crippen LogP contribution in [0.5, 0.6) is 0 Å². The number of alkyl halides is 1. The highest BCUT2D eigenvalue weighted by Gasteiger charge is 2.40. The Hall–Kier alpha value is -4.96. The van der Waals surface area contributed by atoms with E-state index in [9.17, 15) is 18.8 Å². The Kier molecular flexibility index (Phi) is 7.92. The molecule has 2 amide bonds. The number of aryl methyl sites for hydroxylation is 1. The van der Waals surface area contributed by atoms with Gasteiger partial charge in [0.05, 0.1) is 24.1 Å². The molecule has 0 radical (unpaired) electrons. The number of nitrogens with zero attached hydrogens (tertiary/aromatic N) is 4. The van der Waals surface area contributed by atoms with Crippen molar-refractivity contribution in [2.45, 2.75) is 32.1 Å². The van der Waals surface area contributed by atoms with E-state index in [0.717, 1.165) is 16.8 Å². The Morgan fingerprint density at radius 2 is 1.86 bits per heavy atom. The lowest BCUT2D eigenvalue weighted by atomic mass is 10.0. The Balaban J connectivity index is 1.23. The largest absolute Gasteiger partial charge is 0.337 e. The van der Waals surface area contributed by atoms with Crippen LogP contribution in [0.25, 0.3) is 33.2 Å². The molecule has 8 nitrogen and oxygen atoms in total. The number of carbonyl (C=O) groups excluding carboxylic acids is 3. The lowest BCUT2D eigenvalue weighted by molar-refractivity contribution is -0.137. The van der Waals surface area contributed by atoms with Crippen molar-refractivity contribution in [1.29, 1.82) is 0 Å². The molecule has 1 aliphatic heterocycles. The van der Waals surface area contributed by atoms with Crippen LogP contribution in [0.4, 0.5) is 14.5 Å². The van der Waals surface area contributed by atoms with Crippen LogP contribution in [0.15, 0.2) is 79.1 Å². The lowest BCUT2D eigenvalue weighted by Crippen LogP contribution is -2.44. The third-order valence-electron chi connectivity index (χ3n) is 7.75. The molecule has 6 rings (SSSR count). The summed E-state index contributed by atoms with van der Waals surface area (Å²) < 4.78 is 31.7. The van der Waals surface area contributed by atoms with E-state index in [4.69, 9.17) is 11.6 Å². The van der Waals surface area contributed by atoms with Gasteiger partial charge in [0.25, 0.3) is 0 Å². The second-order valence-corrected chi connectivity index (χ2v) is 11.1. The Morgan fingerprint density at radius 3 is 2.64 bits per heavy atom. The van der Waals surface area contributed by atoms with Gasteiger partial charge in [0.15, 0.2) is 12.1 Å². The second-order valence-electron chi connectivity index (χ2n) is 10.7. The molecule has 222 valence electrons. The molecule has 0 spiro atoms. The van der Waals surface area contributed by atoms with Gasteiger partial charge >= 0.3 is 0 Å². The number of nitrogens with one attached hydrogen (secondary N) is 1. The summed E-state index contributed by atoms with van der Waals surface area (Å²) in [5.41, 5.74) is 3.94. The van der Waals surface area contributed by atoms with Gasteiger partial charge < -0.3 is 14.8 Å². The third kappa shape index (κ3) is 5.56. The van der Waals surface area contributed by atoms with Gasteiger partial charge in [0.2, 0.25) is 11.8 Å². The average molecular weight is 614 g/mol. The molecular formula is C33H26ClF2N5O3. The van der Waals surface area contributed by atoms with Crippen molar-refractivity contribution in [3.05, 3.63) is 101 Å². The average Bonchev–Trinajstić information content (AvgIpc) is 3.58. The summed E-state index contributed by atoms with van der Waals surface area (Å²) in [5, 5.41) is 11.5.